The summed E-state index contributed by atoms with van der Waals surface area (Å²) in [5.41, 5.74) is 0.359. The van der Waals surface area contributed by atoms with Crippen molar-refractivity contribution in [2.45, 2.75) is 52.6 Å². The van der Waals surface area contributed by atoms with Gasteiger partial charge in [-0.1, -0.05) is 52.0 Å². The Kier molecular flexibility index (Phi) is 9.83. The minimum atomic E-state index is -0.787. The highest BCUT2D eigenvalue weighted by molar-refractivity contribution is 6.08. The fraction of sp³-hybridized carbons (Fsp3) is 0.538. The Morgan fingerprint density at radius 3 is 1.41 bits per heavy atom. The first-order valence-corrected chi connectivity index (χ1v) is 11.6. The molecule has 34 heavy (non-hydrogen) atoms. The molecule has 1 aromatic carbocycles. The van der Waals surface area contributed by atoms with E-state index in [4.69, 9.17) is 9.47 Å². The molecular formula is C26H36N2O6. The van der Waals surface area contributed by atoms with Gasteiger partial charge in [-0.05, 0) is 36.8 Å². The third-order valence-corrected chi connectivity index (χ3v) is 5.77. The van der Waals surface area contributed by atoms with Crippen LogP contribution in [0.3, 0.4) is 0 Å². The molecule has 0 saturated carbocycles. The second-order valence-corrected chi connectivity index (χ2v) is 9.27. The predicted molar refractivity (Wildman–Crippen MR) is 128 cm³/mol. The number of carbonyl (C=O) groups is 4. The monoisotopic (exact) mass is 472 g/mol. The molecule has 0 saturated heterocycles. The summed E-state index contributed by atoms with van der Waals surface area (Å²) in [5, 5.41) is 0. The van der Waals surface area contributed by atoms with Crippen molar-refractivity contribution in [3.63, 3.8) is 0 Å². The van der Waals surface area contributed by atoms with Crippen LogP contribution in [0, 0.1) is 11.8 Å². The highest BCUT2D eigenvalue weighted by Crippen LogP contribution is 2.23. The fourth-order valence-electron chi connectivity index (χ4n) is 4.11. The molecule has 2 atom stereocenters. The predicted octanol–water partition coefficient (Wildman–Crippen LogP) is 3.32. The summed E-state index contributed by atoms with van der Waals surface area (Å²) >= 11 is 0. The summed E-state index contributed by atoms with van der Waals surface area (Å²) in [6.45, 7) is 8.19. The van der Waals surface area contributed by atoms with Gasteiger partial charge < -0.3 is 19.3 Å². The maximum absolute atomic E-state index is 13.7. The molecule has 0 N–H and O–H groups in total. The van der Waals surface area contributed by atoms with Gasteiger partial charge in [-0.25, -0.2) is 9.59 Å². The molecule has 1 heterocycles. The first-order chi connectivity index (χ1) is 16.1. The lowest BCUT2D eigenvalue weighted by atomic mass is 9.97. The SMILES string of the molecule is COC(=O)[C@H](CC(C)C)N1C/C=C\CN([C@@H](CC(C)C)C(=O)OC)C(=O)c2ccccc2C1=O. The van der Waals surface area contributed by atoms with Gasteiger partial charge in [-0.2, -0.15) is 0 Å². The second-order valence-electron chi connectivity index (χ2n) is 9.27. The zero-order valence-electron chi connectivity index (χ0n) is 20.9. The van der Waals surface area contributed by atoms with Crippen LogP contribution in [0.2, 0.25) is 0 Å². The molecule has 1 aromatic rings. The normalized spacial score (nSPS) is 17.3. The maximum Gasteiger partial charge on any atom is 0.328 e. The van der Waals surface area contributed by atoms with E-state index in [1.54, 1.807) is 36.4 Å². The molecular weight excluding hydrogens is 436 g/mol. The molecule has 2 amide bonds. The van der Waals surface area contributed by atoms with Gasteiger partial charge in [0.15, 0.2) is 0 Å². The quantitative estimate of drug-likeness (QED) is 0.426. The number of nitrogens with zero attached hydrogens (tertiary/aromatic N) is 2. The molecule has 1 aliphatic heterocycles. The van der Waals surface area contributed by atoms with Crippen molar-refractivity contribution in [2.24, 2.45) is 11.8 Å². The van der Waals surface area contributed by atoms with Crippen molar-refractivity contribution in [3.8, 4) is 0 Å². The average molecular weight is 473 g/mol. The molecule has 0 aromatic heterocycles. The molecule has 1 aliphatic rings. The molecule has 0 spiro atoms. The molecule has 2 rings (SSSR count). The number of amides is 2. The van der Waals surface area contributed by atoms with Crippen LogP contribution in [-0.4, -0.2) is 72.9 Å². The average Bonchev–Trinajstić information content (AvgIpc) is 2.81. The largest absolute Gasteiger partial charge is 0.467 e. The number of methoxy groups -OCH3 is 2. The minimum Gasteiger partial charge on any atom is -0.467 e. The molecule has 0 radical (unpaired) electrons. The van der Waals surface area contributed by atoms with Gasteiger partial charge in [0.25, 0.3) is 11.8 Å². The van der Waals surface area contributed by atoms with Gasteiger partial charge >= 0.3 is 11.9 Å². The van der Waals surface area contributed by atoms with Crippen molar-refractivity contribution in [2.75, 3.05) is 27.3 Å². The summed E-state index contributed by atoms with van der Waals surface area (Å²) in [7, 11) is 2.60. The zero-order valence-corrected chi connectivity index (χ0v) is 20.9. The third-order valence-electron chi connectivity index (χ3n) is 5.77. The van der Waals surface area contributed by atoms with E-state index in [9.17, 15) is 19.2 Å². The molecule has 186 valence electrons. The van der Waals surface area contributed by atoms with E-state index in [0.29, 0.717) is 12.8 Å². The number of hydrogen-bond acceptors (Lipinski definition) is 6. The van der Waals surface area contributed by atoms with Crippen LogP contribution in [0.1, 0.15) is 61.3 Å². The van der Waals surface area contributed by atoms with Gasteiger partial charge in [0.2, 0.25) is 0 Å². The number of carbonyl (C=O) groups excluding carboxylic acids is 4. The second kappa shape index (κ2) is 12.3. The van der Waals surface area contributed by atoms with Crippen LogP contribution in [0.5, 0.6) is 0 Å². The Morgan fingerprint density at radius 1 is 0.765 bits per heavy atom. The first kappa shape index (κ1) is 27.1. The van der Waals surface area contributed by atoms with Crippen molar-refractivity contribution in [3.05, 3.63) is 47.5 Å². The highest BCUT2D eigenvalue weighted by Gasteiger charge is 2.36. The summed E-state index contributed by atoms with van der Waals surface area (Å²) < 4.78 is 9.99. The Morgan fingerprint density at radius 2 is 1.12 bits per heavy atom. The number of hydrogen-bond donors (Lipinski definition) is 0. The molecule has 8 heteroatoms. The molecule has 0 aliphatic carbocycles. The van der Waals surface area contributed by atoms with Crippen LogP contribution in [0.15, 0.2) is 36.4 Å². The van der Waals surface area contributed by atoms with E-state index in [1.165, 1.54) is 24.0 Å². The number of ether oxygens (including phenoxy) is 2. The lowest BCUT2D eigenvalue weighted by Gasteiger charge is -2.34. The van der Waals surface area contributed by atoms with Crippen molar-refractivity contribution >= 4 is 23.8 Å². The van der Waals surface area contributed by atoms with Crippen LogP contribution >= 0.6 is 0 Å². The Hall–Kier alpha value is -3.16. The van der Waals surface area contributed by atoms with E-state index in [1.807, 2.05) is 27.7 Å². The Bertz CT molecular complexity index is 851. The lowest BCUT2D eigenvalue weighted by Crippen LogP contribution is -2.49. The van der Waals surface area contributed by atoms with E-state index < -0.39 is 35.8 Å². The van der Waals surface area contributed by atoms with E-state index in [2.05, 4.69) is 0 Å². The van der Waals surface area contributed by atoms with Crippen LogP contribution in [-0.2, 0) is 19.1 Å². The molecule has 0 fully saturated rings. The Labute approximate surface area is 201 Å². The van der Waals surface area contributed by atoms with E-state index >= 15 is 0 Å². The van der Waals surface area contributed by atoms with E-state index in [-0.39, 0.29) is 36.1 Å². The van der Waals surface area contributed by atoms with Gasteiger partial charge in [-0.15, -0.1) is 0 Å². The topological polar surface area (TPSA) is 93.2 Å². The summed E-state index contributed by atoms with van der Waals surface area (Å²) in [5.74, 6) is -1.60. The van der Waals surface area contributed by atoms with Crippen molar-refractivity contribution in [1.82, 2.24) is 9.80 Å². The van der Waals surface area contributed by atoms with Crippen LogP contribution in [0.4, 0.5) is 0 Å². The zero-order chi connectivity index (χ0) is 25.4. The van der Waals surface area contributed by atoms with Gasteiger partial charge in [0, 0.05) is 13.1 Å². The molecule has 0 bridgehead atoms. The number of esters is 2. The fourth-order valence-corrected chi connectivity index (χ4v) is 4.11. The van der Waals surface area contributed by atoms with Crippen LogP contribution in [0.25, 0.3) is 0 Å². The number of fused-ring (bicyclic) bond motifs is 1. The van der Waals surface area contributed by atoms with E-state index in [0.717, 1.165) is 0 Å². The van der Waals surface area contributed by atoms with Crippen LogP contribution < -0.4 is 0 Å². The highest BCUT2D eigenvalue weighted by atomic mass is 16.5. The van der Waals surface area contributed by atoms with Crippen molar-refractivity contribution in [1.29, 1.82) is 0 Å². The van der Waals surface area contributed by atoms with Gasteiger partial charge in [0.05, 0.1) is 25.3 Å². The Balaban J connectivity index is 2.59. The summed E-state index contributed by atoms with van der Waals surface area (Å²) in [6, 6.07) is 4.93. The smallest absolute Gasteiger partial charge is 0.328 e. The number of rotatable bonds is 8. The third kappa shape index (κ3) is 6.46. The minimum absolute atomic E-state index is 0.139. The maximum atomic E-state index is 13.7. The molecule has 8 nitrogen and oxygen atoms in total. The van der Waals surface area contributed by atoms with Gasteiger partial charge in [-0.3, -0.25) is 9.59 Å². The lowest BCUT2D eigenvalue weighted by molar-refractivity contribution is -0.147. The number of benzene rings is 1. The summed E-state index contributed by atoms with van der Waals surface area (Å²) in [4.78, 5) is 55.5. The van der Waals surface area contributed by atoms with Crippen molar-refractivity contribution < 1.29 is 28.7 Å². The van der Waals surface area contributed by atoms with Gasteiger partial charge in [0.1, 0.15) is 12.1 Å². The molecule has 0 unspecified atom stereocenters. The first-order valence-electron chi connectivity index (χ1n) is 11.6. The summed E-state index contributed by atoms with van der Waals surface area (Å²) in [6.07, 6.45) is 4.33. The standard InChI is InChI=1S/C26H36N2O6/c1-17(2)15-21(25(31)33-5)27-13-9-10-14-28(22(16-18(3)4)26(32)34-6)24(30)20-12-8-7-11-19(20)23(27)29/h7-12,17-18,21-22H,13-16H2,1-6H3/b10-9-/t21-,22-/m0/s1.